The van der Waals surface area contributed by atoms with Crippen molar-refractivity contribution in [1.82, 2.24) is 0 Å². The summed E-state index contributed by atoms with van der Waals surface area (Å²) in [5.74, 6) is 0. The number of aliphatic hydroxyl groups excluding tert-OH is 4. The maximum Gasteiger partial charge on any atom is 0.185 e. The Morgan fingerprint density at radius 3 is 0.365 bits per heavy atom. The van der Waals surface area contributed by atoms with Gasteiger partial charge in [-0.3, -0.25) is 19.2 Å². The Hall–Kier alpha value is -0.0800. The summed E-state index contributed by atoms with van der Waals surface area (Å²) in [5.41, 5.74) is -1.11. The average molecular weight is 1280 g/mol. The van der Waals surface area contributed by atoms with E-state index in [2.05, 4.69) is 78.2 Å². The third-order valence-corrected chi connectivity index (χ3v) is 17.2. The summed E-state index contributed by atoms with van der Waals surface area (Å²) < 4.78 is 0. The van der Waals surface area contributed by atoms with Gasteiger partial charge in [0, 0.05) is 25.7 Å². The summed E-state index contributed by atoms with van der Waals surface area (Å²) in [7, 11) is 0. The minimum atomic E-state index is -1.11. The van der Waals surface area contributed by atoms with Gasteiger partial charge in [0.2, 0.25) is 0 Å². The summed E-state index contributed by atoms with van der Waals surface area (Å²) in [4.78, 5) is 42.5. The number of hydrogen-bond acceptors (Lipinski definition) is 8. The molecule has 0 heterocycles. The van der Waals surface area contributed by atoms with Gasteiger partial charge in [0.15, 0.2) is 20.5 Å². The van der Waals surface area contributed by atoms with Crippen molar-refractivity contribution in [3.8, 4) is 0 Å². The van der Waals surface area contributed by atoms with E-state index >= 15 is 0 Å². The maximum absolute atomic E-state index is 10.6. The van der Waals surface area contributed by atoms with E-state index in [1.165, 1.54) is 334 Å². The number of carbonyl (C=O) groups excluding carboxylic acids is 4. The molecule has 0 rings (SSSR count). The highest BCUT2D eigenvalue weighted by molar-refractivity contribution is 7.97. The van der Waals surface area contributed by atoms with E-state index in [1.54, 1.807) is 0 Å². The van der Waals surface area contributed by atoms with Crippen molar-refractivity contribution >= 4 is 71.0 Å². The number of unbranched alkanes of at least 4 members (excludes halogenated alkanes) is 52. The fourth-order valence-electron chi connectivity index (χ4n) is 10.2. The van der Waals surface area contributed by atoms with Gasteiger partial charge in [-0.05, 0) is 25.7 Å². The Balaban J connectivity index is -0.000000319. The molecule has 0 saturated carbocycles. The first-order valence-electron chi connectivity index (χ1n) is 36.6. The number of rotatable bonds is 64. The van der Waals surface area contributed by atoms with E-state index in [4.69, 9.17) is 20.4 Å². The molecule has 12 heteroatoms. The molecule has 0 aliphatic rings. The molecule has 0 saturated heterocycles. The number of aliphatic hydroxyl groups is 4. The summed E-state index contributed by atoms with van der Waals surface area (Å²) in [6.07, 6.45) is 78.7. The van der Waals surface area contributed by atoms with Gasteiger partial charge in [-0.15, -0.1) is 50.5 Å². The monoisotopic (exact) mass is 1280 g/mol. The molecule has 0 atom stereocenters. The summed E-state index contributed by atoms with van der Waals surface area (Å²) >= 11 is 15.1. The first-order valence-corrected chi connectivity index (χ1v) is 38.4. The molecule has 4 N–H and O–H groups in total. The lowest BCUT2D eigenvalue weighted by Crippen LogP contribution is -2.37. The fourth-order valence-corrected chi connectivity index (χ4v) is 10.8. The molecular formula is C73H148O8S4. The van der Waals surface area contributed by atoms with Gasteiger partial charge in [-0.25, -0.2) is 0 Å². The molecule has 0 amide bonds. The van der Waals surface area contributed by atoms with Crippen molar-refractivity contribution in [3.63, 3.8) is 0 Å². The Morgan fingerprint density at radius 2 is 0.294 bits per heavy atom. The second kappa shape index (κ2) is 86.0. The Morgan fingerprint density at radius 1 is 0.200 bits per heavy atom. The van der Waals surface area contributed by atoms with Gasteiger partial charge < -0.3 is 20.4 Å². The minimum Gasteiger partial charge on any atom is -0.396 e. The van der Waals surface area contributed by atoms with Crippen LogP contribution in [-0.4, -0.2) is 67.3 Å². The Bertz CT molecular complexity index is 1090. The SMILES string of the molecule is CCCCCCCCCCCCCCCCC(=O)S.CCCCCCCCCCCCCCCCC(=O)S.CCCCCCCCCCCCCCCCC(=O)S.CCCCCCCCCCCCCCCCC(=O)S.OCC(CO)(CO)CO. The average Bonchev–Trinajstić information content (AvgIpc) is 3.52. The quantitative estimate of drug-likeness (QED) is 0.0222. The molecule has 0 radical (unpaired) electrons. The van der Waals surface area contributed by atoms with Crippen molar-refractivity contribution in [2.24, 2.45) is 5.41 Å². The van der Waals surface area contributed by atoms with Crippen LogP contribution in [0.2, 0.25) is 0 Å². The molecule has 0 aliphatic heterocycles. The minimum absolute atomic E-state index is 0.0407. The zero-order valence-electron chi connectivity index (χ0n) is 57.0. The van der Waals surface area contributed by atoms with Crippen LogP contribution < -0.4 is 0 Å². The summed E-state index contributed by atoms with van der Waals surface area (Å²) in [5, 5.41) is 34.1. The standard InChI is InChI=1S/4C17H34OS.C5H12O4/c4*1-2-3-4-5-6-7-8-9-10-11-12-13-14-15-16-17(18)19;6-1-5(2-7,3-8)4-9/h4*2-16H2,1H3,(H,18,19);6-9H,1-4H2. The van der Waals surface area contributed by atoms with Crippen LogP contribution >= 0.6 is 50.5 Å². The molecule has 512 valence electrons. The van der Waals surface area contributed by atoms with Crippen LogP contribution in [0, 0.1) is 5.41 Å². The van der Waals surface area contributed by atoms with Gasteiger partial charge in [0.25, 0.3) is 0 Å². The van der Waals surface area contributed by atoms with E-state index in [-0.39, 0.29) is 20.5 Å². The van der Waals surface area contributed by atoms with Gasteiger partial charge in [-0.1, -0.05) is 362 Å². The lowest BCUT2D eigenvalue weighted by Gasteiger charge is -2.23. The van der Waals surface area contributed by atoms with Crippen molar-refractivity contribution in [2.45, 2.75) is 413 Å². The van der Waals surface area contributed by atoms with Gasteiger partial charge in [-0.2, -0.15) is 0 Å². The molecule has 0 unspecified atom stereocenters. The topological polar surface area (TPSA) is 149 Å². The van der Waals surface area contributed by atoms with Gasteiger partial charge in [0.05, 0.1) is 31.8 Å². The van der Waals surface area contributed by atoms with Crippen LogP contribution in [0.25, 0.3) is 0 Å². The molecule has 0 aromatic heterocycles. The third kappa shape index (κ3) is 97.7. The van der Waals surface area contributed by atoms with Crippen molar-refractivity contribution < 1.29 is 39.6 Å². The van der Waals surface area contributed by atoms with E-state index < -0.39 is 31.8 Å². The molecule has 0 fully saturated rings. The summed E-state index contributed by atoms with van der Waals surface area (Å²) in [6.45, 7) is 7.47. The number of carbonyl (C=O) groups is 4. The smallest absolute Gasteiger partial charge is 0.185 e. The zero-order valence-corrected chi connectivity index (χ0v) is 60.5. The fraction of sp³-hybridized carbons (Fsp3) is 0.945. The first kappa shape index (κ1) is 93.6. The Kier molecular flexibility index (Phi) is 94.7. The molecule has 0 aromatic carbocycles. The highest BCUT2D eigenvalue weighted by Gasteiger charge is 2.26. The molecular weight excluding hydrogens is 1130 g/mol. The predicted molar refractivity (Wildman–Crippen MR) is 386 cm³/mol. The normalized spacial score (nSPS) is 11.0. The van der Waals surface area contributed by atoms with Crippen molar-refractivity contribution in [3.05, 3.63) is 0 Å². The zero-order chi connectivity index (χ0) is 64.1. The van der Waals surface area contributed by atoms with Crippen LogP contribution in [-0.2, 0) is 19.2 Å². The van der Waals surface area contributed by atoms with E-state index in [9.17, 15) is 19.2 Å². The predicted octanol–water partition coefficient (Wildman–Crippen LogP) is 23.2. The first-order chi connectivity index (χ1) is 41.3. The van der Waals surface area contributed by atoms with Crippen molar-refractivity contribution in [1.29, 1.82) is 0 Å². The highest BCUT2D eigenvalue weighted by atomic mass is 32.1. The molecule has 0 bridgehead atoms. The number of hydrogen-bond donors (Lipinski definition) is 8. The second-order valence-electron chi connectivity index (χ2n) is 25.1. The molecule has 0 spiro atoms. The van der Waals surface area contributed by atoms with Crippen LogP contribution in [0.3, 0.4) is 0 Å². The molecule has 8 nitrogen and oxygen atoms in total. The molecule has 0 aromatic rings. The van der Waals surface area contributed by atoms with E-state index in [0.29, 0.717) is 25.7 Å². The maximum atomic E-state index is 10.6. The second-order valence-corrected chi connectivity index (χ2v) is 27.1. The molecule has 85 heavy (non-hydrogen) atoms. The van der Waals surface area contributed by atoms with E-state index in [0.717, 1.165) is 25.7 Å². The highest BCUT2D eigenvalue weighted by Crippen LogP contribution is 2.18. The molecule has 0 aliphatic carbocycles. The van der Waals surface area contributed by atoms with E-state index in [1.807, 2.05) is 0 Å². The van der Waals surface area contributed by atoms with Crippen LogP contribution in [0.1, 0.15) is 413 Å². The van der Waals surface area contributed by atoms with Crippen LogP contribution in [0.15, 0.2) is 0 Å². The lowest BCUT2D eigenvalue weighted by atomic mass is 9.93. The van der Waals surface area contributed by atoms with Gasteiger partial charge in [0.1, 0.15) is 0 Å². The van der Waals surface area contributed by atoms with Gasteiger partial charge >= 0.3 is 0 Å². The third-order valence-electron chi connectivity index (χ3n) is 16.3. The lowest BCUT2D eigenvalue weighted by molar-refractivity contribution is -0.111. The largest absolute Gasteiger partial charge is 0.396 e. The summed E-state index contributed by atoms with van der Waals surface area (Å²) in [6, 6.07) is 0. The Labute approximate surface area is 551 Å². The number of thiol groups is 4. The van der Waals surface area contributed by atoms with Crippen LogP contribution in [0.5, 0.6) is 0 Å². The van der Waals surface area contributed by atoms with Crippen molar-refractivity contribution in [2.75, 3.05) is 26.4 Å². The van der Waals surface area contributed by atoms with Crippen LogP contribution in [0.4, 0.5) is 0 Å².